The van der Waals surface area contributed by atoms with E-state index in [-0.39, 0.29) is 30.5 Å². The molecule has 1 rings (SSSR count). The second-order valence-electron chi connectivity index (χ2n) is 4.54. The molecule has 3 nitrogen and oxygen atoms in total. The van der Waals surface area contributed by atoms with Crippen molar-refractivity contribution in [3.63, 3.8) is 0 Å². The van der Waals surface area contributed by atoms with E-state index in [0.717, 1.165) is 0 Å². The van der Waals surface area contributed by atoms with Crippen molar-refractivity contribution in [3.05, 3.63) is 12.3 Å². The molecule has 1 fully saturated rings. The van der Waals surface area contributed by atoms with E-state index in [1.54, 1.807) is 0 Å². The largest absolute Gasteiger partial charge is 0.490 e. The molecule has 1 aliphatic rings. The van der Waals surface area contributed by atoms with Crippen LogP contribution in [0.5, 0.6) is 0 Å². The average Bonchev–Trinajstić information content (AvgIpc) is 2.30. The Morgan fingerprint density at radius 1 is 1.13 bits per heavy atom. The summed E-state index contributed by atoms with van der Waals surface area (Å²) in [5.41, 5.74) is 0. The standard InChI is InChI=1S/C12H22O3/c1-7(2)13-11-9(5)15-10(6)12(11)14-8(3)4/h7-8,10-12H,5H2,1-4,6H3/t10-,11+,12-/m1/s1. The van der Waals surface area contributed by atoms with Gasteiger partial charge in [-0.2, -0.15) is 0 Å². The maximum Gasteiger partial charge on any atom is 0.144 e. The Morgan fingerprint density at radius 3 is 2.13 bits per heavy atom. The lowest BCUT2D eigenvalue weighted by Gasteiger charge is -2.24. The molecule has 0 bridgehead atoms. The lowest BCUT2D eigenvalue weighted by molar-refractivity contribution is -0.0927. The Labute approximate surface area is 92.4 Å². The van der Waals surface area contributed by atoms with E-state index >= 15 is 0 Å². The Kier molecular flexibility index (Phi) is 4.17. The summed E-state index contributed by atoms with van der Waals surface area (Å²) in [4.78, 5) is 0. The molecule has 0 aromatic heterocycles. The molecule has 0 amide bonds. The van der Waals surface area contributed by atoms with Gasteiger partial charge in [0.15, 0.2) is 0 Å². The van der Waals surface area contributed by atoms with E-state index in [1.807, 2.05) is 34.6 Å². The lowest BCUT2D eigenvalue weighted by Crippen LogP contribution is -2.36. The van der Waals surface area contributed by atoms with Gasteiger partial charge < -0.3 is 14.2 Å². The predicted octanol–water partition coefficient (Wildman–Crippen LogP) is 2.51. The molecule has 0 spiro atoms. The van der Waals surface area contributed by atoms with E-state index in [2.05, 4.69) is 6.58 Å². The van der Waals surface area contributed by atoms with Crippen LogP contribution in [0.2, 0.25) is 0 Å². The topological polar surface area (TPSA) is 27.7 Å². The Hall–Kier alpha value is -0.540. The van der Waals surface area contributed by atoms with Crippen LogP contribution in [0.3, 0.4) is 0 Å². The second-order valence-corrected chi connectivity index (χ2v) is 4.54. The third kappa shape index (κ3) is 3.21. The molecule has 1 heterocycles. The van der Waals surface area contributed by atoms with Crippen molar-refractivity contribution in [3.8, 4) is 0 Å². The average molecular weight is 214 g/mol. The minimum atomic E-state index is -0.137. The molecule has 1 aliphatic heterocycles. The van der Waals surface area contributed by atoms with Crippen molar-refractivity contribution >= 4 is 0 Å². The fraction of sp³-hybridized carbons (Fsp3) is 0.833. The quantitative estimate of drug-likeness (QED) is 0.719. The van der Waals surface area contributed by atoms with Gasteiger partial charge in [-0.25, -0.2) is 0 Å². The first-order chi connectivity index (χ1) is 6.91. The second kappa shape index (κ2) is 4.99. The van der Waals surface area contributed by atoms with Gasteiger partial charge in [0.1, 0.15) is 24.1 Å². The molecule has 0 saturated carbocycles. The summed E-state index contributed by atoms with van der Waals surface area (Å²) >= 11 is 0. The highest BCUT2D eigenvalue weighted by molar-refractivity contribution is 5.06. The van der Waals surface area contributed by atoms with Gasteiger partial charge in [-0.15, -0.1) is 0 Å². The van der Waals surface area contributed by atoms with Crippen LogP contribution < -0.4 is 0 Å². The highest BCUT2D eigenvalue weighted by atomic mass is 16.6. The lowest BCUT2D eigenvalue weighted by atomic mass is 10.1. The molecule has 0 aromatic rings. The van der Waals surface area contributed by atoms with Crippen LogP contribution >= 0.6 is 0 Å². The molecule has 3 atom stereocenters. The molecular weight excluding hydrogens is 192 g/mol. The third-order valence-corrected chi connectivity index (χ3v) is 2.26. The van der Waals surface area contributed by atoms with Crippen molar-refractivity contribution in [1.29, 1.82) is 0 Å². The summed E-state index contributed by atoms with van der Waals surface area (Å²) in [7, 11) is 0. The van der Waals surface area contributed by atoms with Crippen LogP contribution in [-0.4, -0.2) is 30.5 Å². The number of hydrogen-bond acceptors (Lipinski definition) is 3. The molecule has 0 aromatic carbocycles. The molecule has 0 unspecified atom stereocenters. The maximum absolute atomic E-state index is 5.80. The molecule has 0 radical (unpaired) electrons. The van der Waals surface area contributed by atoms with Gasteiger partial charge in [-0.3, -0.25) is 0 Å². The van der Waals surface area contributed by atoms with Gasteiger partial charge in [-0.1, -0.05) is 6.58 Å². The molecule has 88 valence electrons. The molecule has 0 aliphatic carbocycles. The highest BCUT2D eigenvalue weighted by Crippen LogP contribution is 2.29. The van der Waals surface area contributed by atoms with Gasteiger partial charge in [0.2, 0.25) is 0 Å². The maximum atomic E-state index is 5.80. The summed E-state index contributed by atoms with van der Waals surface area (Å²) in [5.74, 6) is 0.682. The summed E-state index contributed by atoms with van der Waals surface area (Å²) < 4.78 is 17.1. The normalized spacial score (nSPS) is 31.4. The van der Waals surface area contributed by atoms with Gasteiger partial charge in [-0.05, 0) is 34.6 Å². The zero-order chi connectivity index (χ0) is 11.6. The molecular formula is C12H22O3. The number of ether oxygens (including phenoxy) is 3. The summed E-state index contributed by atoms with van der Waals surface area (Å²) in [6, 6.07) is 0. The molecule has 1 saturated heterocycles. The van der Waals surface area contributed by atoms with E-state index in [0.29, 0.717) is 5.76 Å². The first kappa shape index (κ1) is 12.5. The van der Waals surface area contributed by atoms with Crippen LogP contribution in [0, 0.1) is 0 Å². The smallest absolute Gasteiger partial charge is 0.144 e. The zero-order valence-electron chi connectivity index (χ0n) is 10.3. The van der Waals surface area contributed by atoms with Crippen molar-refractivity contribution in [2.45, 2.75) is 65.1 Å². The Balaban J connectivity index is 2.66. The van der Waals surface area contributed by atoms with Crippen molar-refractivity contribution in [2.24, 2.45) is 0 Å². The first-order valence-electron chi connectivity index (χ1n) is 5.58. The van der Waals surface area contributed by atoms with Crippen molar-refractivity contribution in [1.82, 2.24) is 0 Å². The fourth-order valence-electron chi connectivity index (χ4n) is 1.75. The van der Waals surface area contributed by atoms with E-state index < -0.39 is 0 Å². The summed E-state index contributed by atoms with van der Waals surface area (Å²) in [5, 5.41) is 0. The van der Waals surface area contributed by atoms with Crippen LogP contribution in [0.4, 0.5) is 0 Å². The van der Waals surface area contributed by atoms with Crippen LogP contribution in [0.15, 0.2) is 12.3 Å². The van der Waals surface area contributed by atoms with E-state index in [4.69, 9.17) is 14.2 Å². The van der Waals surface area contributed by atoms with E-state index in [1.165, 1.54) is 0 Å². The Bertz CT molecular complexity index is 223. The number of rotatable bonds is 4. The minimum absolute atomic E-state index is 0.0173. The SMILES string of the molecule is C=C1O[C@H](C)[C@@H](OC(C)C)[C@H]1OC(C)C. The predicted molar refractivity (Wildman–Crippen MR) is 59.7 cm³/mol. The van der Waals surface area contributed by atoms with Crippen LogP contribution in [0.25, 0.3) is 0 Å². The first-order valence-corrected chi connectivity index (χ1v) is 5.58. The highest BCUT2D eigenvalue weighted by Gasteiger charge is 2.41. The van der Waals surface area contributed by atoms with Crippen LogP contribution in [0.1, 0.15) is 34.6 Å². The number of hydrogen-bond donors (Lipinski definition) is 0. The minimum Gasteiger partial charge on any atom is -0.490 e. The zero-order valence-corrected chi connectivity index (χ0v) is 10.3. The van der Waals surface area contributed by atoms with Gasteiger partial charge >= 0.3 is 0 Å². The van der Waals surface area contributed by atoms with Crippen LogP contribution in [-0.2, 0) is 14.2 Å². The molecule has 0 N–H and O–H groups in total. The van der Waals surface area contributed by atoms with Crippen molar-refractivity contribution in [2.75, 3.05) is 0 Å². The van der Waals surface area contributed by atoms with Gasteiger partial charge in [0.05, 0.1) is 12.2 Å². The molecule has 3 heteroatoms. The fourth-order valence-corrected chi connectivity index (χ4v) is 1.75. The summed E-state index contributed by atoms with van der Waals surface area (Å²) in [6.45, 7) is 13.9. The Morgan fingerprint density at radius 2 is 1.67 bits per heavy atom. The van der Waals surface area contributed by atoms with Crippen molar-refractivity contribution < 1.29 is 14.2 Å². The molecule has 15 heavy (non-hydrogen) atoms. The monoisotopic (exact) mass is 214 g/mol. The summed E-state index contributed by atoms with van der Waals surface area (Å²) in [6.07, 6.45) is 0.162. The third-order valence-electron chi connectivity index (χ3n) is 2.26. The van der Waals surface area contributed by atoms with E-state index in [9.17, 15) is 0 Å². The van der Waals surface area contributed by atoms with Gasteiger partial charge in [0.25, 0.3) is 0 Å². The van der Waals surface area contributed by atoms with Gasteiger partial charge in [0, 0.05) is 0 Å².